The molecule has 0 atom stereocenters. The van der Waals surface area contributed by atoms with E-state index >= 15 is 0 Å². The lowest BCUT2D eigenvalue weighted by Gasteiger charge is -2.01. The Hall–Kier alpha value is -2.67. The van der Waals surface area contributed by atoms with Crippen molar-refractivity contribution >= 4 is 28.1 Å². The summed E-state index contributed by atoms with van der Waals surface area (Å²) in [6, 6.07) is 9.30. The van der Waals surface area contributed by atoms with E-state index < -0.39 is 5.97 Å². The van der Waals surface area contributed by atoms with Crippen LogP contribution >= 0.6 is 11.3 Å². The van der Waals surface area contributed by atoms with Crippen LogP contribution in [-0.2, 0) is 0 Å². The zero-order valence-electron chi connectivity index (χ0n) is 11.0. The fourth-order valence-corrected chi connectivity index (χ4v) is 2.42. The summed E-state index contributed by atoms with van der Waals surface area (Å²) < 4.78 is 4.98. The number of aromatic carboxylic acids is 1. The van der Waals surface area contributed by atoms with Crippen LogP contribution in [0.4, 0.5) is 10.8 Å². The summed E-state index contributed by atoms with van der Waals surface area (Å²) in [6.45, 7) is 2.02. The van der Waals surface area contributed by atoms with E-state index in [1.54, 1.807) is 5.38 Å². The second-order valence-electron chi connectivity index (χ2n) is 4.41. The van der Waals surface area contributed by atoms with Crippen LogP contribution in [0.3, 0.4) is 0 Å². The highest BCUT2D eigenvalue weighted by Crippen LogP contribution is 2.27. The summed E-state index contributed by atoms with van der Waals surface area (Å²) in [6.07, 6.45) is 0. The van der Waals surface area contributed by atoms with E-state index in [9.17, 15) is 4.79 Å². The number of thiazole rings is 1. The number of carboxylic acids is 1. The van der Waals surface area contributed by atoms with Gasteiger partial charge in [-0.1, -0.05) is 22.9 Å². The van der Waals surface area contributed by atoms with Crippen LogP contribution in [0, 0.1) is 6.92 Å². The molecule has 0 radical (unpaired) electrons. The van der Waals surface area contributed by atoms with E-state index in [1.807, 2.05) is 31.2 Å². The van der Waals surface area contributed by atoms with E-state index in [2.05, 4.69) is 15.5 Å². The lowest BCUT2D eigenvalue weighted by atomic mass is 10.2. The Kier molecular flexibility index (Phi) is 3.41. The smallest absolute Gasteiger partial charge is 0.358 e. The second kappa shape index (κ2) is 5.37. The first kappa shape index (κ1) is 13.3. The van der Waals surface area contributed by atoms with Gasteiger partial charge in [0.05, 0.1) is 0 Å². The number of benzene rings is 1. The Balaban J connectivity index is 1.79. The molecule has 3 aromatic rings. The van der Waals surface area contributed by atoms with Crippen molar-refractivity contribution in [3.05, 3.63) is 47.0 Å². The SMILES string of the molecule is Cc1ccc(Nc2nc(-c3cc(C(=O)O)no3)cs2)cc1. The molecule has 0 aliphatic rings. The van der Waals surface area contributed by atoms with Crippen molar-refractivity contribution in [2.45, 2.75) is 6.92 Å². The summed E-state index contributed by atoms with van der Waals surface area (Å²) in [7, 11) is 0. The highest BCUT2D eigenvalue weighted by Gasteiger charge is 2.14. The maximum atomic E-state index is 10.8. The van der Waals surface area contributed by atoms with Crippen molar-refractivity contribution in [2.75, 3.05) is 5.32 Å². The van der Waals surface area contributed by atoms with Gasteiger partial charge in [0, 0.05) is 17.1 Å². The van der Waals surface area contributed by atoms with Gasteiger partial charge in [-0.2, -0.15) is 0 Å². The first-order valence-corrected chi connectivity index (χ1v) is 6.99. The summed E-state index contributed by atoms with van der Waals surface area (Å²) in [5, 5.41) is 17.9. The van der Waals surface area contributed by atoms with E-state index in [1.165, 1.54) is 23.0 Å². The van der Waals surface area contributed by atoms with Crippen LogP contribution in [0.1, 0.15) is 16.1 Å². The molecule has 21 heavy (non-hydrogen) atoms. The molecule has 0 saturated carbocycles. The molecule has 0 amide bonds. The number of carbonyl (C=O) groups is 1. The van der Waals surface area contributed by atoms with Gasteiger partial charge in [-0.05, 0) is 19.1 Å². The third-order valence-electron chi connectivity index (χ3n) is 2.79. The number of nitrogens with one attached hydrogen (secondary N) is 1. The average Bonchev–Trinajstić information content (AvgIpc) is 3.10. The molecular formula is C14H11N3O3S. The minimum Gasteiger partial charge on any atom is -0.476 e. The van der Waals surface area contributed by atoms with Crippen LogP contribution in [0.25, 0.3) is 11.5 Å². The van der Waals surface area contributed by atoms with E-state index in [0.29, 0.717) is 16.6 Å². The molecule has 0 aliphatic heterocycles. The van der Waals surface area contributed by atoms with Gasteiger partial charge in [0.2, 0.25) is 0 Å². The van der Waals surface area contributed by atoms with Gasteiger partial charge in [0.25, 0.3) is 0 Å². The lowest BCUT2D eigenvalue weighted by Crippen LogP contribution is -1.94. The number of anilines is 2. The number of nitrogens with zero attached hydrogens (tertiary/aromatic N) is 2. The standard InChI is InChI=1S/C14H11N3O3S/c1-8-2-4-9(5-3-8)15-14-16-11(7-21-14)12-6-10(13(18)19)17-20-12/h2-7H,1H3,(H,15,16)(H,18,19). The summed E-state index contributed by atoms with van der Waals surface area (Å²) >= 11 is 1.40. The molecule has 6 nitrogen and oxygen atoms in total. The Morgan fingerprint density at radius 1 is 1.33 bits per heavy atom. The van der Waals surface area contributed by atoms with Crippen molar-refractivity contribution in [1.82, 2.24) is 10.1 Å². The molecule has 7 heteroatoms. The van der Waals surface area contributed by atoms with E-state index in [-0.39, 0.29) is 5.69 Å². The van der Waals surface area contributed by atoms with Crippen LogP contribution in [0.2, 0.25) is 0 Å². The zero-order valence-corrected chi connectivity index (χ0v) is 11.8. The number of hydrogen-bond donors (Lipinski definition) is 2. The van der Waals surface area contributed by atoms with Gasteiger partial charge in [-0.25, -0.2) is 9.78 Å². The first-order valence-electron chi connectivity index (χ1n) is 6.11. The number of aryl methyl sites for hydroxylation is 1. The van der Waals surface area contributed by atoms with Crippen LogP contribution in [0.5, 0.6) is 0 Å². The summed E-state index contributed by atoms with van der Waals surface area (Å²) in [4.78, 5) is 15.1. The maximum absolute atomic E-state index is 10.8. The fraction of sp³-hybridized carbons (Fsp3) is 0.0714. The molecule has 3 rings (SSSR count). The van der Waals surface area contributed by atoms with Crippen molar-refractivity contribution in [3.8, 4) is 11.5 Å². The molecular weight excluding hydrogens is 290 g/mol. The molecule has 0 saturated heterocycles. The van der Waals surface area contributed by atoms with Gasteiger partial charge in [0.1, 0.15) is 5.69 Å². The van der Waals surface area contributed by atoms with E-state index in [0.717, 1.165) is 5.69 Å². The lowest BCUT2D eigenvalue weighted by molar-refractivity contribution is 0.0686. The van der Waals surface area contributed by atoms with Crippen molar-refractivity contribution in [1.29, 1.82) is 0 Å². The predicted octanol–water partition coefficient (Wildman–Crippen LogP) is 3.55. The molecule has 0 aliphatic carbocycles. The maximum Gasteiger partial charge on any atom is 0.358 e. The highest BCUT2D eigenvalue weighted by molar-refractivity contribution is 7.14. The van der Waals surface area contributed by atoms with Crippen LogP contribution in [-0.4, -0.2) is 21.2 Å². The van der Waals surface area contributed by atoms with Crippen molar-refractivity contribution in [3.63, 3.8) is 0 Å². The van der Waals surface area contributed by atoms with Gasteiger partial charge in [-0.3, -0.25) is 0 Å². The van der Waals surface area contributed by atoms with Gasteiger partial charge in [-0.15, -0.1) is 11.3 Å². The molecule has 0 unspecified atom stereocenters. The van der Waals surface area contributed by atoms with Gasteiger partial charge >= 0.3 is 5.97 Å². The molecule has 0 spiro atoms. The zero-order chi connectivity index (χ0) is 14.8. The first-order chi connectivity index (χ1) is 10.1. The molecule has 2 N–H and O–H groups in total. The largest absolute Gasteiger partial charge is 0.476 e. The van der Waals surface area contributed by atoms with Gasteiger partial charge in [0.15, 0.2) is 16.6 Å². The third kappa shape index (κ3) is 2.92. The monoisotopic (exact) mass is 301 g/mol. The summed E-state index contributed by atoms with van der Waals surface area (Å²) in [5.74, 6) is -0.793. The molecule has 106 valence electrons. The molecule has 1 aromatic carbocycles. The Bertz CT molecular complexity index is 777. The molecule has 0 bridgehead atoms. The minimum absolute atomic E-state index is 0.133. The van der Waals surface area contributed by atoms with Crippen molar-refractivity contribution < 1.29 is 14.4 Å². The summed E-state index contributed by atoms with van der Waals surface area (Å²) in [5.41, 5.74) is 2.54. The molecule has 2 aromatic heterocycles. The average molecular weight is 301 g/mol. The highest BCUT2D eigenvalue weighted by atomic mass is 32.1. The fourth-order valence-electron chi connectivity index (χ4n) is 1.70. The second-order valence-corrected chi connectivity index (χ2v) is 5.27. The quantitative estimate of drug-likeness (QED) is 0.766. The molecule has 0 fully saturated rings. The number of rotatable bonds is 4. The Morgan fingerprint density at radius 3 is 2.76 bits per heavy atom. The van der Waals surface area contributed by atoms with Crippen molar-refractivity contribution in [2.24, 2.45) is 0 Å². The Morgan fingerprint density at radius 2 is 2.10 bits per heavy atom. The van der Waals surface area contributed by atoms with Crippen LogP contribution < -0.4 is 5.32 Å². The topological polar surface area (TPSA) is 88.2 Å². The van der Waals surface area contributed by atoms with Gasteiger partial charge < -0.3 is 14.9 Å². The minimum atomic E-state index is -1.13. The number of carboxylic acid groups (broad SMARTS) is 1. The van der Waals surface area contributed by atoms with Crippen LogP contribution in [0.15, 0.2) is 40.2 Å². The number of aromatic nitrogens is 2. The number of hydrogen-bond acceptors (Lipinski definition) is 6. The predicted molar refractivity (Wildman–Crippen MR) is 79.0 cm³/mol. The normalized spacial score (nSPS) is 10.5. The Labute approximate surface area is 124 Å². The molecule has 2 heterocycles. The third-order valence-corrected chi connectivity index (χ3v) is 3.55. The van der Waals surface area contributed by atoms with E-state index in [4.69, 9.17) is 9.63 Å².